The number of alkyl carbamates (subject to hydrolysis) is 5. The van der Waals surface area contributed by atoms with Crippen LogP contribution in [-0.4, -0.2) is 249 Å². The van der Waals surface area contributed by atoms with Crippen LogP contribution in [0.5, 0.6) is 0 Å². The van der Waals surface area contributed by atoms with Crippen LogP contribution in [0, 0.1) is 13.5 Å². The number of aromatic nitrogens is 6. The van der Waals surface area contributed by atoms with Gasteiger partial charge in [-0.15, -0.1) is 0 Å². The number of anilines is 1. The fourth-order valence-electron chi connectivity index (χ4n) is 12.5. The molecular formula is C97H151BrN20O21. The van der Waals surface area contributed by atoms with E-state index in [4.69, 9.17) is 50.8 Å². The minimum absolute atomic E-state index is 0. The fraction of sp³-hybridized carbons (Fsp3) is 0.577. The second-order valence-corrected chi connectivity index (χ2v) is 38.4. The fourth-order valence-corrected chi connectivity index (χ4v) is 12.7. The number of ether oxygens (including phenoxy) is 7. The Kier molecular flexibility index (Phi) is 52.2. The number of carboxylic acid groups (broad SMARTS) is 1. The molecule has 9 rings (SSSR count). The van der Waals surface area contributed by atoms with Gasteiger partial charge in [0.2, 0.25) is 29.5 Å². The van der Waals surface area contributed by atoms with Crippen molar-refractivity contribution < 1.29 is 102 Å². The SMILES string of the molecule is CC(C)(CN)NC(=O)OCc1ccccc1.CC1(C)CNCC(=O)N1.CCOC(=O)CBr.CCOC(=O)CCCC(C)(C)NC(=O)OCc1ccccc1.CC[C@H](NC(=O)OC(C)(C)C)C(=O)N1CC(=O)NC(C)(C)C1.CC[C@H](NC(=O)OC(C)(C)C)C(=O)O.CC[C@H](Nc1ncnc2c1nc(-c1cnc(C)nc1)n2CC)C(=O)N1CC(=O)NC(C)(C)C1.[C-]#[N+]C(C)(C)NC(=O)OCc1ccccc1.[HH]. The van der Waals surface area contributed by atoms with Crippen LogP contribution < -0.4 is 58.9 Å². The molecule has 139 heavy (non-hydrogen) atoms. The molecule has 3 aliphatic heterocycles. The molecule has 10 amide bonds. The highest BCUT2D eigenvalue weighted by atomic mass is 79.9. The van der Waals surface area contributed by atoms with Crippen LogP contribution in [0.3, 0.4) is 0 Å². The zero-order chi connectivity index (χ0) is 105. The normalized spacial score (nSPS) is 14.5. The molecular weight excluding hydrogens is 1860 g/mol. The second-order valence-electron chi connectivity index (χ2n) is 37.8. The van der Waals surface area contributed by atoms with E-state index in [-0.39, 0.29) is 81.4 Å². The lowest BCUT2D eigenvalue weighted by Crippen LogP contribution is -2.63. The number of aryl methyl sites for hydroxylation is 2. The molecule has 772 valence electrons. The summed E-state index contributed by atoms with van der Waals surface area (Å²) in [6, 6.07) is 26.3. The summed E-state index contributed by atoms with van der Waals surface area (Å²) in [5, 5.41) is 36.6. The number of carbonyl (C=O) groups excluding carboxylic acids is 12. The first-order chi connectivity index (χ1) is 64.8. The Morgan fingerprint density at radius 1 is 0.554 bits per heavy atom. The minimum atomic E-state index is -1.06. The van der Waals surface area contributed by atoms with Crippen molar-refractivity contribution >= 4 is 111 Å². The van der Waals surface area contributed by atoms with E-state index in [0.717, 1.165) is 28.8 Å². The smallest absolute Gasteiger partial charge is 0.413 e. The lowest BCUT2D eigenvalue weighted by Gasteiger charge is -2.39. The molecule has 6 heterocycles. The number of fused-ring (bicyclic) bond motifs is 1. The number of amides is 10. The number of hydrogen-bond acceptors (Lipinski definition) is 28. The predicted molar refractivity (Wildman–Crippen MR) is 532 cm³/mol. The summed E-state index contributed by atoms with van der Waals surface area (Å²) >= 11 is 2.94. The number of rotatable bonds is 29. The van der Waals surface area contributed by atoms with Crippen molar-refractivity contribution in [1.29, 1.82) is 0 Å². The Bertz CT molecular complexity index is 4940. The maximum atomic E-state index is 13.3. The Balaban J connectivity index is 0.000000829. The molecule has 3 atom stereocenters. The van der Waals surface area contributed by atoms with Crippen LogP contribution in [0.25, 0.3) is 27.4 Å². The molecule has 6 aromatic rings. The molecule has 3 saturated heterocycles. The topological polar surface area (TPSA) is 533 Å². The summed E-state index contributed by atoms with van der Waals surface area (Å²) in [5.41, 5.74) is 6.27. The maximum absolute atomic E-state index is 13.3. The van der Waals surface area contributed by atoms with E-state index in [1.165, 1.54) is 11.2 Å². The average Bonchev–Trinajstić information content (AvgIpc) is 1.62. The van der Waals surface area contributed by atoms with Crippen LogP contribution in [0.2, 0.25) is 0 Å². The van der Waals surface area contributed by atoms with E-state index in [0.29, 0.717) is 118 Å². The van der Waals surface area contributed by atoms with Crippen molar-refractivity contribution in [2.45, 2.75) is 301 Å². The van der Waals surface area contributed by atoms with Crippen molar-refractivity contribution in [2.24, 2.45) is 5.73 Å². The Hall–Kier alpha value is -12.9. The first kappa shape index (κ1) is 122. The zero-order valence-electron chi connectivity index (χ0n) is 85.4. The van der Waals surface area contributed by atoms with Crippen molar-refractivity contribution in [2.75, 3.05) is 69.7 Å². The summed E-state index contributed by atoms with van der Waals surface area (Å²) in [4.78, 5) is 178. The Morgan fingerprint density at radius 2 is 0.971 bits per heavy atom. The van der Waals surface area contributed by atoms with Crippen molar-refractivity contribution in [3.63, 3.8) is 0 Å². The first-order valence-corrected chi connectivity index (χ1v) is 47.1. The van der Waals surface area contributed by atoms with Gasteiger partial charge in [0.15, 0.2) is 17.0 Å². The van der Waals surface area contributed by atoms with E-state index in [1.54, 1.807) is 100 Å². The average molecular weight is 2010 g/mol. The number of carboxylic acids is 1. The molecule has 0 bridgehead atoms. The molecule has 0 saturated carbocycles. The molecule has 41 nitrogen and oxygen atoms in total. The lowest BCUT2D eigenvalue weighted by atomic mass is 9.97. The highest BCUT2D eigenvalue weighted by Gasteiger charge is 2.39. The van der Waals surface area contributed by atoms with E-state index in [2.05, 4.69) is 98.6 Å². The lowest BCUT2D eigenvalue weighted by molar-refractivity contribution is -0.143. The maximum Gasteiger partial charge on any atom is 0.413 e. The largest absolute Gasteiger partial charge is 0.480 e. The van der Waals surface area contributed by atoms with Crippen molar-refractivity contribution in [3.8, 4) is 11.4 Å². The van der Waals surface area contributed by atoms with Gasteiger partial charge in [0.1, 0.15) is 72.5 Å². The molecule has 3 fully saturated rings. The third kappa shape index (κ3) is 51.4. The third-order valence-electron chi connectivity index (χ3n) is 19.1. The van der Waals surface area contributed by atoms with Crippen LogP contribution in [0.4, 0.5) is 29.8 Å². The zero-order valence-corrected chi connectivity index (χ0v) is 86.9. The van der Waals surface area contributed by atoms with Crippen LogP contribution in [0.15, 0.2) is 110 Å². The Morgan fingerprint density at radius 3 is 1.34 bits per heavy atom. The summed E-state index contributed by atoms with van der Waals surface area (Å²) in [6.45, 7) is 57.1. The molecule has 0 radical (unpaired) electrons. The van der Waals surface area contributed by atoms with Crippen molar-refractivity contribution in [3.05, 3.63) is 144 Å². The number of hydrogen-bond donors (Lipinski definition) is 12. The number of nitrogens with zero attached hydrogens (tertiary/aromatic N) is 9. The summed E-state index contributed by atoms with van der Waals surface area (Å²) in [5.74, 6) is -0.309. The van der Waals surface area contributed by atoms with E-state index in [1.807, 2.05) is 186 Å². The number of halogens is 1. The van der Waals surface area contributed by atoms with Gasteiger partial charge in [0.25, 0.3) is 0 Å². The number of imidazole rings is 1. The quantitative estimate of drug-likeness (QED) is 0.00898. The molecule has 3 aromatic carbocycles. The second kappa shape index (κ2) is 59.4. The van der Waals surface area contributed by atoms with Gasteiger partial charge in [-0.05, 0) is 187 Å². The number of piperazine rings is 3. The third-order valence-corrected chi connectivity index (χ3v) is 19.5. The van der Waals surface area contributed by atoms with Gasteiger partial charge in [-0.1, -0.05) is 128 Å². The molecule has 0 unspecified atom stereocenters. The molecule has 0 aliphatic carbocycles. The number of alkyl halides is 1. The number of esters is 2. The Labute approximate surface area is 826 Å². The van der Waals surface area contributed by atoms with Crippen LogP contribution in [0.1, 0.15) is 229 Å². The molecule has 0 spiro atoms. The summed E-state index contributed by atoms with van der Waals surface area (Å²) in [7, 11) is 0. The molecule has 3 aromatic heterocycles. The number of nitrogens with one attached hydrogen (secondary N) is 10. The molecule has 3 aliphatic rings. The molecule has 13 N–H and O–H groups in total. The predicted octanol–water partition coefficient (Wildman–Crippen LogP) is 12.3. The highest BCUT2D eigenvalue weighted by Crippen LogP contribution is 2.28. The van der Waals surface area contributed by atoms with Gasteiger partial charge in [0, 0.05) is 83.4 Å². The number of nitrogens with two attached hydrogens (primary N) is 1. The van der Waals surface area contributed by atoms with Crippen molar-refractivity contribution in [1.82, 2.24) is 87.1 Å². The van der Waals surface area contributed by atoms with E-state index < -0.39 is 93.6 Å². The van der Waals surface area contributed by atoms with Crippen LogP contribution >= 0.6 is 15.9 Å². The van der Waals surface area contributed by atoms with E-state index >= 15 is 0 Å². The number of benzene rings is 3. The van der Waals surface area contributed by atoms with E-state index in [9.17, 15) is 62.3 Å². The van der Waals surface area contributed by atoms with Gasteiger partial charge in [-0.2, -0.15) is 0 Å². The van der Waals surface area contributed by atoms with Gasteiger partial charge < -0.3 is 106 Å². The first-order valence-electron chi connectivity index (χ1n) is 45.9. The van der Waals surface area contributed by atoms with Crippen LogP contribution in [-0.2, 0) is 97.9 Å². The van der Waals surface area contributed by atoms with Gasteiger partial charge in [-0.3, -0.25) is 38.4 Å². The standard InChI is InChI=1S/C22H29N9O2.C17H25NO4.C15H27N3O4.C12H14N2O2.C12H18N2O2.C9H17NO4.C6H12N2O.C4H7BrO2.H2/c1-6-15(21(33)30-10-16(32)29-22(4,5)11-30)27-18-17-20(26-12-25-18)31(7-2)19(28-17)14-8-23-13(3)24-9-14;1-4-21-15(19)11-8-12-17(2,3)18-16(20)22-13-14-9-6-5-7-10-14;1-7-10(16-13(21)22-14(2,3)4)12(20)18-8-11(19)17-15(5,6)9-18;1-12(2,13-3)14-11(15)16-9-10-7-5-4-6-8-10;1-12(2,9-13)14-11(15)16-8-10-6-4-3-5-7-10;1-5-6(7(11)12)10-8(13)14-9(2,3)4;1-6(2)4-7-3-5(9)8-6;1-2-7-4(6)3-5;/h8-9,12,15H,6-7,10-11H2,1-5H3,(H,29,32)(H,25,26,27);5-7,9-10H,4,8,11-13H2,1-3H3,(H,18,20);10H,7-9H2,1-6H3,(H,16,21)(H,17,19);4-8H,9H2,1-2H3,(H,14,15);3-7H,8-9,13H2,1-2H3,(H,14,15);6H,5H2,1-4H3,(H,10,13)(H,11,12);7H,3-4H2,1-2H3,(H,8,9);2-3H2,1H3;1H/t15-;;10-;;;6-;;;/m0.0..0.../s1. The van der Waals surface area contributed by atoms with Gasteiger partial charge >= 0.3 is 54.0 Å². The number of carbonyl (C=O) groups is 13. The summed E-state index contributed by atoms with van der Waals surface area (Å²) < 4.78 is 36.6. The molecule has 42 heteroatoms. The minimum Gasteiger partial charge on any atom is -0.480 e. The van der Waals surface area contributed by atoms with Gasteiger partial charge in [-0.25, -0.2) is 65.6 Å². The monoisotopic (exact) mass is 2010 g/mol. The van der Waals surface area contributed by atoms with Gasteiger partial charge in [0.05, 0.1) is 49.5 Å². The highest BCUT2D eigenvalue weighted by molar-refractivity contribution is 9.09. The number of aliphatic carboxylic acids is 1. The summed E-state index contributed by atoms with van der Waals surface area (Å²) in [6.07, 6.45) is 5.09.